The molecule has 4 aromatic rings. The van der Waals surface area contributed by atoms with E-state index in [0.29, 0.717) is 47.1 Å². The molecule has 1 N–H and O–H groups in total. The summed E-state index contributed by atoms with van der Waals surface area (Å²) in [4.78, 5) is 45.0. The molecule has 1 fully saturated rings. The van der Waals surface area contributed by atoms with Crippen LogP contribution in [0.2, 0.25) is 0 Å². The number of amides is 1. The number of carbonyl (C=O) groups is 3. The van der Waals surface area contributed by atoms with Gasteiger partial charge >= 0.3 is 11.9 Å². The molecule has 0 spiro atoms. The van der Waals surface area contributed by atoms with Gasteiger partial charge in [0, 0.05) is 5.56 Å². The molecular weight excluding hydrogens is 536 g/mol. The lowest BCUT2D eigenvalue weighted by Gasteiger charge is -2.23. The van der Waals surface area contributed by atoms with Crippen molar-refractivity contribution in [3.05, 3.63) is 82.9 Å². The van der Waals surface area contributed by atoms with Gasteiger partial charge in [-0.3, -0.25) is 14.5 Å². The SMILES string of the molecule is COC(=O)c1ccc(C2/C(=C(/O)c3ccc4c(c3)OCCO4)C(=O)C(=O)N2c2nc3ccc(OC)cc3s2)cc1. The van der Waals surface area contributed by atoms with Crippen molar-refractivity contribution in [2.24, 2.45) is 0 Å². The van der Waals surface area contributed by atoms with Crippen LogP contribution in [0.3, 0.4) is 0 Å². The minimum Gasteiger partial charge on any atom is -0.507 e. The molecule has 11 heteroatoms. The van der Waals surface area contributed by atoms with Crippen molar-refractivity contribution < 1.29 is 38.4 Å². The number of aliphatic hydroxyl groups is 1. The zero-order chi connectivity index (χ0) is 28.0. The van der Waals surface area contributed by atoms with E-state index in [1.165, 1.54) is 35.5 Å². The van der Waals surface area contributed by atoms with E-state index in [2.05, 4.69) is 4.98 Å². The molecule has 3 heterocycles. The van der Waals surface area contributed by atoms with Crippen LogP contribution in [-0.4, -0.2) is 55.2 Å². The Morgan fingerprint density at radius 3 is 2.42 bits per heavy atom. The molecule has 1 atom stereocenters. The Balaban J connectivity index is 1.52. The van der Waals surface area contributed by atoms with Crippen LogP contribution in [0.15, 0.2) is 66.2 Å². The minimum absolute atomic E-state index is 0.121. The fourth-order valence-corrected chi connectivity index (χ4v) is 5.75. The van der Waals surface area contributed by atoms with E-state index in [4.69, 9.17) is 18.9 Å². The lowest BCUT2D eigenvalue weighted by atomic mass is 9.94. The number of methoxy groups -OCH3 is 2. The fraction of sp³-hybridized carbons (Fsp3) is 0.172. The number of fused-ring (bicyclic) bond motifs is 2. The highest BCUT2D eigenvalue weighted by molar-refractivity contribution is 7.22. The molecule has 10 nitrogen and oxygen atoms in total. The standard InChI is InChI=1S/C29H22N2O8S/c1-36-18-8-9-19-22(14-18)40-29(30-19)31-24(15-3-5-16(6-4-15)28(35)37-2)23(26(33)27(31)34)25(32)17-7-10-20-21(13-17)39-12-11-38-20/h3-10,13-14,24,32H,11-12H2,1-2H3/b25-23-. The Hall–Kier alpha value is -4.90. The van der Waals surface area contributed by atoms with Gasteiger partial charge in [-0.1, -0.05) is 23.5 Å². The third kappa shape index (κ3) is 4.20. The third-order valence-electron chi connectivity index (χ3n) is 6.70. The Morgan fingerprint density at radius 1 is 0.975 bits per heavy atom. The Labute approximate surface area is 232 Å². The molecule has 1 aromatic heterocycles. The monoisotopic (exact) mass is 558 g/mol. The molecule has 3 aromatic carbocycles. The highest BCUT2D eigenvalue weighted by Gasteiger charge is 2.48. The first-order chi connectivity index (χ1) is 19.4. The smallest absolute Gasteiger partial charge is 0.337 e. The highest BCUT2D eigenvalue weighted by atomic mass is 32.1. The summed E-state index contributed by atoms with van der Waals surface area (Å²) in [6.07, 6.45) is 0. The second-order valence-electron chi connectivity index (χ2n) is 8.97. The van der Waals surface area contributed by atoms with E-state index < -0.39 is 23.7 Å². The summed E-state index contributed by atoms with van der Waals surface area (Å²) in [6, 6.07) is 15.4. The van der Waals surface area contributed by atoms with Crippen molar-refractivity contribution in [3.63, 3.8) is 0 Å². The lowest BCUT2D eigenvalue weighted by Crippen LogP contribution is -2.29. The molecule has 6 rings (SSSR count). The second kappa shape index (κ2) is 10.0. The van der Waals surface area contributed by atoms with Gasteiger partial charge in [0.2, 0.25) is 0 Å². The fourth-order valence-electron chi connectivity index (χ4n) is 4.73. The first-order valence-corrected chi connectivity index (χ1v) is 13.0. The van der Waals surface area contributed by atoms with Crippen LogP contribution >= 0.6 is 11.3 Å². The Kier molecular flexibility index (Phi) is 6.35. The molecule has 1 unspecified atom stereocenters. The van der Waals surface area contributed by atoms with Gasteiger partial charge in [-0.15, -0.1) is 0 Å². The zero-order valence-electron chi connectivity index (χ0n) is 21.4. The largest absolute Gasteiger partial charge is 0.507 e. The minimum atomic E-state index is -1.03. The number of thiazole rings is 1. The van der Waals surface area contributed by atoms with Crippen molar-refractivity contribution in [3.8, 4) is 17.2 Å². The highest BCUT2D eigenvalue weighted by Crippen LogP contribution is 2.45. The first-order valence-electron chi connectivity index (χ1n) is 12.2. The Bertz CT molecular complexity index is 1710. The number of rotatable bonds is 5. The van der Waals surface area contributed by atoms with Gasteiger partial charge < -0.3 is 24.1 Å². The van der Waals surface area contributed by atoms with Crippen molar-refractivity contribution in [1.82, 2.24) is 4.98 Å². The number of nitrogens with zero attached hydrogens (tertiary/aromatic N) is 2. The number of hydrogen-bond acceptors (Lipinski definition) is 10. The maximum Gasteiger partial charge on any atom is 0.337 e. The van der Waals surface area contributed by atoms with Crippen LogP contribution in [0, 0.1) is 0 Å². The van der Waals surface area contributed by atoms with E-state index in [1.54, 1.807) is 55.6 Å². The number of Topliss-reactive ketones (excluding diaryl/α,β-unsaturated/α-hetero) is 1. The molecule has 0 radical (unpaired) electrons. The van der Waals surface area contributed by atoms with Crippen LogP contribution in [-0.2, 0) is 14.3 Å². The topological polar surface area (TPSA) is 124 Å². The third-order valence-corrected chi connectivity index (χ3v) is 7.72. The summed E-state index contributed by atoms with van der Waals surface area (Å²) in [6.45, 7) is 0.746. The van der Waals surface area contributed by atoms with Gasteiger partial charge in [0.15, 0.2) is 16.6 Å². The summed E-state index contributed by atoms with van der Waals surface area (Å²) < 4.78 is 22.1. The van der Waals surface area contributed by atoms with E-state index in [-0.39, 0.29) is 22.0 Å². The van der Waals surface area contributed by atoms with Crippen LogP contribution in [0.5, 0.6) is 17.2 Å². The van der Waals surface area contributed by atoms with Gasteiger partial charge in [-0.25, -0.2) is 9.78 Å². The average molecular weight is 559 g/mol. The summed E-state index contributed by atoms with van der Waals surface area (Å²) in [5.41, 5.74) is 1.57. The van der Waals surface area contributed by atoms with Gasteiger partial charge in [0.25, 0.3) is 5.78 Å². The van der Waals surface area contributed by atoms with Crippen LogP contribution < -0.4 is 19.1 Å². The van der Waals surface area contributed by atoms with E-state index >= 15 is 0 Å². The number of aliphatic hydroxyl groups excluding tert-OH is 1. The van der Waals surface area contributed by atoms with Gasteiger partial charge in [-0.05, 0) is 54.1 Å². The lowest BCUT2D eigenvalue weighted by molar-refractivity contribution is -0.132. The predicted molar refractivity (Wildman–Crippen MR) is 146 cm³/mol. The maximum absolute atomic E-state index is 13.5. The van der Waals surface area contributed by atoms with Crippen molar-refractivity contribution in [2.75, 3.05) is 32.3 Å². The van der Waals surface area contributed by atoms with Gasteiger partial charge in [0.1, 0.15) is 24.7 Å². The molecule has 202 valence electrons. The summed E-state index contributed by atoms with van der Waals surface area (Å²) in [7, 11) is 2.83. The molecule has 0 aliphatic carbocycles. The van der Waals surface area contributed by atoms with Gasteiger partial charge in [0.05, 0.1) is 41.6 Å². The molecule has 40 heavy (non-hydrogen) atoms. The van der Waals surface area contributed by atoms with Crippen LogP contribution in [0.25, 0.3) is 16.0 Å². The van der Waals surface area contributed by atoms with Crippen LogP contribution in [0.4, 0.5) is 5.13 Å². The number of anilines is 1. The number of benzene rings is 3. The normalized spacial score (nSPS) is 17.8. The zero-order valence-corrected chi connectivity index (χ0v) is 22.2. The summed E-state index contributed by atoms with van der Waals surface area (Å²) >= 11 is 1.22. The Morgan fingerprint density at radius 2 is 1.70 bits per heavy atom. The maximum atomic E-state index is 13.5. The number of ketones is 1. The quantitative estimate of drug-likeness (QED) is 0.163. The van der Waals surface area contributed by atoms with Gasteiger partial charge in [-0.2, -0.15) is 0 Å². The van der Waals surface area contributed by atoms with Crippen molar-refractivity contribution >= 4 is 50.1 Å². The van der Waals surface area contributed by atoms with E-state index in [0.717, 1.165) is 4.70 Å². The number of aromatic nitrogens is 1. The van der Waals surface area contributed by atoms with E-state index in [1.807, 2.05) is 0 Å². The van der Waals surface area contributed by atoms with Crippen molar-refractivity contribution in [2.45, 2.75) is 6.04 Å². The number of esters is 1. The summed E-state index contributed by atoms with van der Waals surface area (Å²) in [5.74, 6) is -1.05. The molecule has 0 saturated carbocycles. The average Bonchev–Trinajstić information content (AvgIpc) is 3.53. The molecular formula is C29H22N2O8S. The summed E-state index contributed by atoms with van der Waals surface area (Å²) in [5, 5.41) is 11.7. The number of carbonyl (C=O) groups excluding carboxylic acids is 3. The molecule has 0 bridgehead atoms. The second-order valence-corrected chi connectivity index (χ2v) is 9.98. The van der Waals surface area contributed by atoms with Crippen molar-refractivity contribution in [1.29, 1.82) is 0 Å². The number of ether oxygens (including phenoxy) is 4. The van der Waals surface area contributed by atoms with Crippen LogP contribution in [0.1, 0.15) is 27.5 Å². The molecule has 2 aliphatic rings. The first kappa shape index (κ1) is 25.4. The molecule has 1 amide bonds. The molecule has 2 aliphatic heterocycles. The predicted octanol–water partition coefficient (Wildman–Crippen LogP) is 4.49. The van der Waals surface area contributed by atoms with E-state index in [9.17, 15) is 19.5 Å². The number of hydrogen-bond donors (Lipinski definition) is 1. The molecule has 1 saturated heterocycles.